The van der Waals surface area contributed by atoms with Crippen molar-refractivity contribution in [2.75, 3.05) is 12.0 Å². The highest BCUT2D eigenvalue weighted by molar-refractivity contribution is 9.10. The van der Waals surface area contributed by atoms with Gasteiger partial charge in [-0.15, -0.1) is 0 Å². The second-order valence-electron chi connectivity index (χ2n) is 3.26. The number of hydrazine groups is 1. The lowest BCUT2D eigenvalue weighted by Crippen LogP contribution is -2.38. The van der Waals surface area contributed by atoms with Crippen LogP contribution in [-0.4, -0.2) is 18.1 Å². The van der Waals surface area contributed by atoms with Gasteiger partial charge in [0.25, 0.3) is 0 Å². The van der Waals surface area contributed by atoms with Crippen molar-refractivity contribution in [2.24, 2.45) is 5.84 Å². The van der Waals surface area contributed by atoms with Gasteiger partial charge in [-0.25, -0.2) is 4.39 Å². The molecule has 1 aromatic rings. The van der Waals surface area contributed by atoms with Gasteiger partial charge >= 0.3 is 0 Å². The average molecular weight is 293 g/mol. The molecule has 15 heavy (non-hydrogen) atoms. The number of hydrogen-bond acceptors (Lipinski definition) is 3. The molecule has 1 aromatic carbocycles. The van der Waals surface area contributed by atoms with Crippen LogP contribution in [0.15, 0.2) is 22.7 Å². The molecule has 0 fully saturated rings. The molecule has 1 atom stereocenters. The smallest absolute Gasteiger partial charge is 0.123 e. The molecule has 1 rings (SSSR count). The number of benzene rings is 1. The van der Waals surface area contributed by atoms with Crippen molar-refractivity contribution in [2.45, 2.75) is 12.5 Å². The molecule has 5 heteroatoms. The summed E-state index contributed by atoms with van der Waals surface area (Å²) in [5, 5.41) is 0. The van der Waals surface area contributed by atoms with E-state index in [0.717, 1.165) is 22.2 Å². The number of halogens is 2. The van der Waals surface area contributed by atoms with E-state index in [4.69, 9.17) is 5.84 Å². The SMILES string of the molecule is CSCC(Cc1cc(F)ccc1Br)NN. The van der Waals surface area contributed by atoms with Gasteiger partial charge in [0.15, 0.2) is 0 Å². The fraction of sp³-hybridized carbons (Fsp3) is 0.400. The molecular formula is C10H14BrFN2S. The highest BCUT2D eigenvalue weighted by Gasteiger charge is 2.10. The molecule has 2 nitrogen and oxygen atoms in total. The molecule has 0 aliphatic rings. The Labute approximate surface area is 102 Å². The van der Waals surface area contributed by atoms with Gasteiger partial charge < -0.3 is 0 Å². The summed E-state index contributed by atoms with van der Waals surface area (Å²) in [5.74, 6) is 6.11. The molecular weight excluding hydrogens is 279 g/mol. The Morgan fingerprint density at radius 1 is 1.60 bits per heavy atom. The fourth-order valence-corrected chi connectivity index (χ4v) is 2.36. The third-order valence-corrected chi connectivity index (χ3v) is 3.59. The maximum absolute atomic E-state index is 13.0. The summed E-state index contributed by atoms with van der Waals surface area (Å²) in [4.78, 5) is 0. The molecule has 0 aliphatic carbocycles. The summed E-state index contributed by atoms with van der Waals surface area (Å²) < 4.78 is 13.9. The number of thioether (sulfide) groups is 1. The number of hydrogen-bond donors (Lipinski definition) is 2. The maximum Gasteiger partial charge on any atom is 0.123 e. The maximum atomic E-state index is 13.0. The average Bonchev–Trinajstić information content (AvgIpc) is 2.22. The molecule has 1 unspecified atom stereocenters. The number of nitrogens with one attached hydrogen (secondary N) is 1. The van der Waals surface area contributed by atoms with Gasteiger partial charge in [-0.2, -0.15) is 11.8 Å². The predicted octanol–water partition coefficient (Wildman–Crippen LogP) is 2.33. The summed E-state index contributed by atoms with van der Waals surface area (Å²) in [6.07, 6.45) is 2.74. The van der Waals surface area contributed by atoms with E-state index in [1.807, 2.05) is 6.26 Å². The Morgan fingerprint density at radius 2 is 2.33 bits per heavy atom. The topological polar surface area (TPSA) is 38.0 Å². The Balaban J connectivity index is 2.73. The van der Waals surface area contributed by atoms with Crippen molar-refractivity contribution < 1.29 is 4.39 Å². The first-order valence-electron chi connectivity index (χ1n) is 4.56. The van der Waals surface area contributed by atoms with E-state index in [1.54, 1.807) is 17.8 Å². The van der Waals surface area contributed by atoms with Crippen LogP contribution >= 0.6 is 27.7 Å². The molecule has 3 N–H and O–H groups in total. The summed E-state index contributed by atoms with van der Waals surface area (Å²) in [6.45, 7) is 0. The van der Waals surface area contributed by atoms with Crippen molar-refractivity contribution in [1.82, 2.24) is 5.43 Å². The van der Waals surface area contributed by atoms with Crippen molar-refractivity contribution in [3.8, 4) is 0 Å². The van der Waals surface area contributed by atoms with Crippen LogP contribution in [0.4, 0.5) is 4.39 Å². The number of nitrogens with two attached hydrogens (primary N) is 1. The minimum absolute atomic E-state index is 0.165. The van der Waals surface area contributed by atoms with Crippen molar-refractivity contribution in [3.63, 3.8) is 0 Å². The van der Waals surface area contributed by atoms with Crippen LogP contribution in [0.25, 0.3) is 0 Å². The first kappa shape index (κ1) is 13.0. The van der Waals surface area contributed by atoms with E-state index in [0.29, 0.717) is 0 Å². The third kappa shape index (κ3) is 4.10. The fourth-order valence-electron chi connectivity index (χ4n) is 1.33. The van der Waals surface area contributed by atoms with Crippen LogP contribution in [0.2, 0.25) is 0 Å². The van der Waals surface area contributed by atoms with Crippen molar-refractivity contribution >= 4 is 27.7 Å². The molecule has 0 amide bonds. The van der Waals surface area contributed by atoms with E-state index in [9.17, 15) is 4.39 Å². The van der Waals surface area contributed by atoms with Crippen LogP contribution in [0, 0.1) is 5.82 Å². The van der Waals surface area contributed by atoms with E-state index in [1.165, 1.54) is 12.1 Å². The zero-order valence-electron chi connectivity index (χ0n) is 8.47. The molecule has 0 heterocycles. The normalized spacial score (nSPS) is 12.8. The standard InChI is InChI=1S/C10H14BrFN2S/c1-15-6-9(14-13)5-7-4-8(12)2-3-10(7)11/h2-4,9,14H,5-6,13H2,1H3. The van der Waals surface area contributed by atoms with Crippen LogP contribution in [0.5, 0.6) is 0 Å². The van der Waals surface area contributed by atoms with Gasteiger partial charge in [0.05, 0.1) is 0 Å². The lowest BCUT2D eigenvalue weighted by atomic mass is 10.1. The number of rotatable bonds is 5. The highest BCUT2D eigenvalue weighted by Crippen LogP contribution is 2.19. The highest BCUT2D eigenvalue weighted by atomic mass is 79.9. The van der Waals surface area contributed by atoms with Crippen LogP contribution in [0.3, 0.4) is 0 Å². The van der Waals surface area contributed by atoms with Crippen molar-refractivity contribution in [3.05, 3.63) is 34.1 Å². The second kappa shape index (κ2) is 6.48. The van der Waals surface area contributed by atoms with Gasteiger partial charge in [0, 0.05) is 16.3 Å². The molecule has 84 valence electrons. The zero-order valence-corrected chi connectivity index (χ0v) is 10.9. The van der Waals surface area contributed by atoms with Gasteiger partial charge in [-0.1, -0.05) is 15.9 Å². The predicted molar refractivity (Wildman–Crippen MR) is 67.3 cm³/mol. The van der Waals surface area contributed by atoms with E-state index < -0.39 is 0 Å². The Morgan fingerprint density at radius 3 is 2.93 bits per heavy atom. The molecule has 0 spiro atoms. The first-order chi connectivity index (χ1) is 7.17. The van der Waals surface area contributed by atoms with E-state index in [-0.39, 0.29) is 11.9 Å². The van der Waals surface area contributed by atoms with Gasteiger partial charge in [0.1, 0.15) is 5.82 Å². The van der Waals surface area contributed by atoms with E-state index in [2.05, 4.69) is 21.4 Å². The summed E-state index contributed by atoms with van der Waals surface area (Å²) in [7, 11) is 0. The van der Waals surface area contributed by atoms with Gasteiger partial charge in [0.2, 0.25) is 0 Å². The third-order valence-electron chi connectivity index (χ3n) is 2.08. The molecule has 0 bridgehead atoms. The van der Waals surface area contributed by atoms with Crippen molar-refractivity contribution in [1.29, 1.82) is 0 Å². The zero-order chi connectivity index (χ0) is 11.3. The Kier molecular flexibility index (Phi) is 5.60. The molecule has 0 aliphatic heterocycles. The van der Waals surface area contributed by atoms with Crippen LogP contribution < -0.4 is 11.3 Å². The lowest BCUT2D eigenvalue weighted by molar-refractivity contribution is 0.570. The largest absolute Gasteiger partial charge is 0.271 e. The quantitative estimate of drug-likeness (QED) is 0.646. The second-order valence-corrected chi connectivity index (χ2v) is 5.02. The minimum Gasteiger partial charge on any atom is -0.271 e. The molecule has 0 saturated carbocycles. The summed E-state index contributed by atoms with van der Waals surface area (Å²) >= 11 is 5.11. The summed E-state index contributed by atoms with van der Waals surface area (Å²) in [6, 6.07) is 4.86. The minimum atomic E-state index is -0.215. The molecule has 0 saturated heterocycles. The van der Waals surface area contributed by atoms with E-state index >= 15 is 0 Å². The van der Waals surface area contributed by atoms with Gasteiger partial charge in [-0.05, 0) is 36.4 Å². The molecule has 0 radical (unpaired) electrons. The Bertz CT molecular complexity index is 322. The lowest BCUT2D eigenvalue weighted by Gasteiger charge is -2.15. The van der Waals surface area contributed by atoms with Gasteiger partial charge in [-0.3, -0.25) is 11.3 Å². The van der Waals surface area contributed by atoms with Crippen LogP contribution in [-0.2, 0) is 6.42 Å². The molecule has 0 aromatic heterocycles. The first-order valence-corrected chi connectivity index (χ1v) is 6.75. The monoisotopic (exact) mass is 292 g/mol. The van der Waals surface area contributed by atoms with Crippen LogP contribution in [0.1, 0.15) is 5.56 Å². The Hall–Kier alpha value is -0.100. The summed E-state index contributed by atoms with van der Waals surface area (Å²) in [5.41, 5.74) is 3.67.